The van der Waals surface area contributed by atoms with Crippen LogP contribution in [0.15, 0.2) is 47.6 Å². The van der Waals surface area contributed by atoms with Crippen molar-refractivity contribution in [2.75, 3.05) is 0 Å². The molecule has 3 heteroatoms. The van der Waals surface area contributed by atoms with Gasteiger partial charge in [-0.2, -0.15) is 5.10 Å². The minimum atomic E-state index is -0.127. The van der Waals surface area contributed by atoms with Crippen molar-refractivity contribution in [1.82, 2.24) is 5.43 Å². The number of amides is 1. The average molecular weight is 280 g/mol. The molecule has 1 amide bonds. The number of benzene rings is 2. The predicted molar refractivity (Wildman–Crippen MR) is 86.5 cm³/mol. The first-order valence-electron chi connectivity index (χ1n) is 7.57. The Hall–Kier alpha value is -2.16. The highest BCUT2D eigenvalue weighted by molar-refractivity contribution is 6.07. The molecule has 1 N–H and O–H groups in total. The molecule has 1 aliphatic carbocycles. The molecule has 0 heterocycles. The Bertz CT molecular complexity index is 675. The van der Waals surface area contributed by atoms with Gasteiger partial charge in [0.2, 0.25) is 0 Å². The Morgan fingerprint density at radius 2 is 1.81 bits per heavy atom. The minimum Gasteiger partial charge on any atom is -0.267 e. The third-order valence-electron chi connectivity index (χ3n) is 4.20. The van der Waals surface area contributed by atoms with Gasteiger partial charge in [-0.15, -0.1) is 0 Å². The second-order valence-electron chi connectivity index (χ2n) is 5.83. The van der Waals surface area contributed by atoms with Gasteiger partial charge in [0.05, 0.1) is 0 Å². The topological polar surface area (TPSA) is 41.5 Å². The fraction of sp³-hybridized carbons (Fsp3) is 0.333. The lowest BCUT2D eigenvalue weighted by molar-refractivity contribution is 0.0956. The third-order valence-corrected chi connectivity index (χ3v) is 4.20. The van der Waals surface area contributed by atoms with Gasteiger partial charge in [-0.3, -0.25) is 4.79 Å². The van der Waals surface area contributed by atoms with Crippen LogP contribution in [0.2, 0.25) is 0 Å². The summed E-state index contributed by atoms with van der Waals surface area (Å²) in [4.78, 5) is 12.3. The van der Waals surface area contributed by atoms with Crippen LogP contribution in [0.3, 0.4) is 0 Å². The molecule has 108 valence electrons. The predicted octanol–water partition coefficient (Wildman–Crippen LogP) is 4.14. The molecule has 3 rings (SSSR count). The number of rotatable bonds is 2. The zero-order chi connectivity index (χ0) is 14.7. The van der Waals surface area contributed by atoms with Crippen LogP contribution in [0.4, 0.5) is 0 Å². The van der Waals surface area contributed by atoms with E-state index in [0.29, 0.717) is 5.56 Å². The van der Waals surface area contributed by atoms with Crippen molar-refractivity contribution >= 4 is 22.4 Å². The normalized spacial score (nSPS) is 18.5. The molecule has 1 fully saturated rings. The molecule has 0 unspecified atom stereocenters. The van der Waals surface area contributed by atoms with Crippen molar-refractivity contribution in [3.63, 3.8) is 0 Å². The highest BCUT2D eigenvalue weighted by Gasteiger charge is 2.14. The summed E-state index contributed by atoms with van der Waals surface area (Å²) >= 11 is 0. The minimum absolute atomic E-state index is 0.127. The van der Waals surface area contributed by atoms with Gasteiger partial charge in [0.25, 0.3) is 5.91 Å². The summed E-state index contributed by atoms with van der Waals surface area (Å²) in [6.45, 7) is 2.27. The molecular formula is C18H20N2O. The molecule has 2 aromatic carbocycles. The third kappa shape index (κ3) is 3.13. The van der Waals surface area contributed by atoms with Crippen LogP contribution in [0.25, 0.3) is 10.8 Å². The molecule has 1 aliphatic rings. The molecule has 0 spiro atoms. The van der Waals surface area contributed by atoms with Gasteiger partial charge in [0.15, 0.2) is 0 Å². The number of carbonyl (C=O) groups is 1. The molecule has 0 aliphatic heterocycles. The zero-order valence-corrected chi connectivity index (χ0v) is 12.3. The summed E-state index contributed by atoms with van der Waals surface area (Å²) in [6, 6.07) is 13.7. The molecule has 21 heavy (non-hydrogen) atoms. The highest BCUT2D eigenvalue weighted by Crippen LogP contribution is 2.21. The Morgan fingerprint density at radius 3 is 2.62 bits per heavy atom. The van der Waals surface area contributed by atoms with Gasteiger partial charge >= 0.3 is 0 Å². The summed E-state index contributed by atoms with van der Waals surface area (Å²) in [7, 11) is 0. The lowest BCUT2D eigenvalue weighted by Crippen LogP contribution is -2.22. The number of hydrogen-bond donors (Lipinski definition) is 1. The molecule has 0 radical (unpaired) electrons. The van der Waals surface area contributed by atoms with Gasteiger partial charge < -0.3 is 0 Å². The summed E-state index contributed by atoms with van der Waals surface area (Å²) in [5.74, 6) is 0.649. The molecule has 0 saturated heterocycles. The number of hydrogen-bond acceptors (Lipinski definition) is 2. The van der Waals surface area contributed by atoms with E-state index in [2.05, 4.69) is 17.5 Å². The number of fused-ring (bicyclic) bond motifs is 1. The molecule has 2 aromatic rings. The number of carbonyl (C=O) groups excluding carboxylic acids is 1. The fourth-order valence-electron chi connectivity index (χ4n) is 2.82. The molecular weight excluding hydrogens is 260 g/mol. The second-order valence-corrected chi connectivity index (χ2v) is 5.83. The largest absolute Gasteiger partial charge is 0.271 e. The van der Waals surface area contributed by atoms with Crippen LogP contribution >= 0.6 is 0 Å². The Labute approximate surface area is 125 Å². The summed E-state index contributed by atoms with van der Waals surface area (Å²) in [5, 5.41) is 6.36. The van der Waals surface area contributed by atoms with E-state index in [9.17, 15) is 4.79 Å². The summed E-state index contributed by atoms with van der Waals surface area (Å²) in [5.41, 5.74) is 4.52. The van der Waals surface area contributed by atoms with Gasteiger partial charge in [-0.05, 0) is 48.4 Å². The molecule has 0 bridgehead atoms. The van der Waals surface area contributed by atoms with E-state index >= 15 is 0 Å². The van der Waals surface area contributed by atoms with E-state index in [1.54, 1.807) is 0 Å². The van der Waals surface area contributed by atoms with Crippen LogP contribution in [0.1, 0.15) is 43.0 Å². The van der Waals surface area contributed by atoms with Crippen molar-refractivity contribution in [3.05, 3.63) is 48.0 Å². The van der Waals surface area contributed by atoms with E-state index in [1.165, 1.54) is 12.8 Å². The van der Waals surface area contributed by atoms with Crippen LogP contribution in [-0.4, -0.2) is 11.6 Å². The van der Waals surface area contributed by atoms with Crippen molar-refractivity contribution in [2.45, 2.75) is 32.6 Å². The lowest BCUT2D eigenvalue weighted by atomic mass is 9.90. The SMILES string of the molecule is CC1CCC(=NNC(=O)c2cccc3ccccc23)CC1. The molecule has 3 nitrogen and oxygen atoms in total. The second kappa shape index (κ2) is 6.08. The maximum atomic E-state index is 12.3. The van der Waals surface area contributed by atoms with E-state index < -0.39 is 0 Å². The number of nitrogens with one attached hydrogen (secondary N) is 1. The quantitative estimate of drug-likeness (QED) is 0.825. The zero-order valence-electron chi connectivity index (χ0n) is 12.3. The maximum absolute atomic E-state index is 12.3. The van der Waals surface area contributed by atoms with Gasteiger partial charge in [0, 0.05) is 11.3 Å². The van der Waals surface area contributed by atoms with Crippen molar-refractivity contribution in [3.8, 4) is 0 Å². The van der Waals surface area contributed by atoms with Gasteiger partial charge in [-0.25, -0.2) is 5.43 Å². The first-order chi connectivity index (χ1) is 10.2. The maximum Gasteiger partial charge on any atom is 0.271 e. The van der Waals surface area contributed by atoms with Crippen LogP contribution in [0.5, 0.6) is 0 Å². The summed E-state index contributed by atoms with van der Waals surface area (Å²) < 4.78 is 0. The highest BCUT2D eigenvalue weighted by atomic mass is 16.2. The van der Waals surface area contributed by atoms with E-state index in [4.69, 9.17) is 0 Å². The standard InChI is InChI=1S/C18H20N2O/c1-13-9-11-15(12-10-13)19-20-18(21)17-8-4-6-14-5-2-3-7-16(14)17/h2-8,13H,9-12H2,1H3,(H,20,21). The number of nitrogens with zero attached hydrogens (tertiary/aromatic N) is 1. The van der Waals surface area contributed by atoms with Crippen molar-refractivity contribution < 1.29 is 4.79 Å². The first-order valence-corrected chi connectivity index (χ1v) is 7.57. The first kappa shape index (κ1) is 13.8. The van der Waals surface area contributed by atoms with Crippen LogP contribution < -0.4 is 5.43 Å². The van der Waals surface area contributed by atoms with Gasteiger partial charge in [-0.1, -0.05) is 43.3 Å². The van der Waals surface area contributed by atoms with Crippen molar-refractivity contribution in [1.29, 1.82) is 0 Å². The summed E-state index contributed by atoms with van der Waals surface area (Å²) in [6.07, 6.45) is 4.33. The van der Waals surface area contributed by atoms with E-state index in [-0.39, 0.29) is 5.91 Å². The van der Waals surface area contributed by atoms with E-state index in [0.717, 1.165) is 35.2 Å². The van der Waals surface area contributed by atoms with Crippen LogP contribution in [0, 0.1) is 5.92 Å². The average Bonchev–Trinajstić information content (AvgIpc) is 2.53. The van der Waals surface area contributed by atoms with Crippen molar-refractivity contribution in [2.24, 2.45) is 11.0 Å². The molecule has 0 atom stereocenters. The molecule has 1 saturated carbocycles. The number of hydrazone groups is 1. The Kier molecular flexibility index (Phi) is 4.00. The van der Waals surface area contributed by atoms with Gasteiger partial charge in [0.1, 0.15) is 0 Å². The lowest BCUT2D eigenvalue weighted by Gasteiger charge is -2.18. The monoisotopic (exact) mass is 280 g/mol. The fourth-order valence-corrected chi connectivity index (χ4v) is 2.82. The smallest absolute Gasteiger partial charge is 0.267 e. The van der Waals surface area contributed by atoms with Crippen LogP contribution in [-0.2, 0) is 0 Å². The Balaban J connectivity index is 1.77. The van der Waals surface area contributed by atoms with E-state index in [1.807, 2.05) is 42.5 Å². The molecule has 0 aromatic heterocycles. The Morgan fingerprint density at radius 1 is 1.10 bits per heavy atom.